The normalized spacial score (nSPS) is 11.2. The number of aromatic nitrogens is 1. The first-order valence-electron chi connectivity index (χ1n) is 10.2. The predicted octanol–water partition coefficient (Wildman–Crippen LogP) is 7.24. The first kappa shape index (κ1) is 19.0. The van der Waals surface area contributed by atoms with E-state index < -0.39 is 0 Å². The van der Waals surface area contributed by atoms with Gasteiger partial charge in [0, 0.05) is 33.9 Å². The van der Waals surface area contributed by atoms with Gasteiger partial charge in [0.25, 0.3) is 0 Å². The van der Waals surface area contributed by atoms with E-state index in [0.717, 1.165) is 50.1 Å². The van der Waals surface area contributed by atoms with Crippen LogP contribution < -0.4 is 9.47 Å². The lowest BCUT2D eigenvalue weighted by atomic mass is 9.99. The summed E-state index contributed by atoms with van der Waals surface area (Å²) >= 11 is 0. The standard InChI is InChI=1S/C28H23NO2/c1-5-20-21(6-2)28-23-15-14-19(30-3)16-25(23)29(26(28)17-27(20)31-4)24-13-9-11-18-10-7-8-12-22(18)24/h5-17H,1-2H2,3-4H3. The summed E-state index contributed by atoms with van der Waals surface area (Å²) in [5.74, 6) is 1.58. The highest BCUT2D eigenvalue weighted by Gasteiger charge is 2.20. The zero-order valence-corrected chi connectivity index (χ0v) is 17.7. The molecule has 4 aromatic carbocycles. The van der Waals surface area contributed by atoms with Gasteiger partial charge in [-0.2, -0.15) is 0 Å². The Hall–Kier alpha value is -3.98. The monoisotopic (exact) mass is 405 g/mol. The highest BCUT2D eigenvalue weighted by molar-refractivity contribution is 6.15. The van der Waals surface area contributed by atoms with Crippen LogP contribution in [0.15, 0.2) is 79.9 Å². The van der Waals surface area contributed by atoms with Gasteiger partial charge in [0.1, 0.15) is 11.5 Å². The number of rotatable bonds is 5. The number of hydrogen-bond donors (Lipinski definition) is 0. The van der Waals surface area contributed by atoms with Gasteiger partial charge in [-0.15, -0.1) is 0 Å². The highest BCUT2D eigenvalue weighted by atomic mass is 16.5. The molecule has 0 fully saturated rings. The molecule has 31 heavy (non-hydrogen) atoms. The van der Waals surface area contributed by atoms with Crippen molar-refractivity contribution in [2.75, 3.05) is 14.2 Å². The van der Waals surface area contributed by atoms with Crippen molar-refractivity contribution in [3.63, 3.8) is 0 Å². The summed E-state index contributed by atoms with van der Waals surface area (Å²) in [5.41, 5.74) is 5.18. The van der Waals surface area contributed by atoms with Crippen LogP contribution in [0.1, 0.15) is 11.1 Å². The highest BCUT2D eigenvalue weighted by Crippen LogP contribution is 2.42. The lowest BCUT2D eigenvalue weighted by molar-refractivity contribution is 0.414. The van der Waals surface area contributed by atoms with Crippen LogP contribution in [0.3, 0.4) is 0 Å². The van der Waals surface area contributed by atoms with E-state index in [0.29, 0.717) is 0 Å². The Morgan fingerprint density at radius 2 is 1.52 bits per heavy atom. The van der Waals surface area contributed by atoms with E-state index in [9.17, 15) is 0 Å². The molecular weight excluding hydrogens is 382 g/mol. The Morgan fingerprint density at radius 3 is 2.26 bits per heavy atom. The summed E-state index contributed by atoms with van der Waals surface area (Å²) in [6.07, 6.45) is 3.72. The Bertz CT molecular complexity index is 1490. The van der Waals surface area contributed by atoms with Crippen molar-refractivity contribution < 1.29 is 9.47 Å². The lowest BCUT2D eigenvalue weighted by Gasteiger charge is -2.14. The molecule has 0 saturated carbocycles. The maximum atomic E-state index is 5.75. The van der Waals surface area contributed by atoms with E-state index in [1.54, 1.807) is 14.2 Å². The molecule has 0 atom stereocenters. The fourth-order valence-electron chi connectivity index (χ4n) is 4.56. The van der Waals surface area contributed by atoms with Crippen LogP contribution in [0.4, 0.5) is 0 Å². The smallest absolute Gasteiger partial charge is 0.128 e. The van der Waals surface area contributed by atoms with Crippen LogP contribution in [0.5, 0.6) is 11.5 Å². The molecule has 1 aromatic heterocycles. The van der Waals surface area contributed by atoms with Gasteiger partial charge in [0.05, 0.1) is 30.9 Å². The maximum absolute atomic E-state index is 5.75. The molecule has 0 spiro atoms. The molecule has 0 saturated heterocycles. The molecule has 3 nitrogen and oxygen atoms in total. The molecule has 5 aromatic rings. The Labute approximate surface area is 181 Å². The van der Waals surface area contributed by atoms with Crippen molar-refractivity contribution >= 4 is 44.7 Å². The second-order valence-corrected chi connectivity index (χ2v) is 7.43. The molecule has 3 heteroatoms. The maximum Gasteiger partial charge on any atom is 0.128 e. The first-order chi connectivity index (χ1) is 15.2. The van der Waals surface area contributed by atoms with Crippen molar-refractivity contribution in [3.8, 4) is 17.2 Å². The second-order valence-electron chi connectivity index (χ2n) is 7.43. The van der Waals surface area contributed by atoms with Crippen molar-refractivity contribution in [2.24, 2.45) is 0 Å². The van der Waals surface area contributed by atoms with Gasteiger partial charge in [-0.05, 0) is 29.1 Å². The van der Waals surface area contributed by atoms with E-state index in [4.69, 9.17) is 9.47 Å². The van der Waals surface area contributed by atoms with E-state index in [-0.39, 0.29) is 0 Å². The molecule has 0 radical (unpaired) electrons. The van der Waals surface area contributed by atoms with Gasteiger partial charge in [-0.3, -0.25) is 0 Å². The fourth-order valence-corrected chi connectivity index (χ4v) is 4.56. The average molecular weight is 405 g/mol. The van der Waals surface area contributed by atoms with Crippen molar-refractivity contribution in [2.45, 2.75) is 0 Å². The molecule has 0 N–H and O–H groups in total. The van der Waals surface area contributed by atoms with Gasteiger partial charge in [-0.1, -0.05) is 61.7 Å². The van der Waals surface area contributed by atoms with Crippen LogP contribution >= 0.6 is 0 Å². The molecule has 0 aliphatic carbocycles. The summed E-state index contributed by atoms with van der Waals surface area (Å²) in [6, 6.07) is 23.1. The van der Waals surface area contributed by atoms with Crippen molar-refractivity contribution in [1.82, 2.24) is 4.57 Å². The topological polar surface area (TPSA) is 23.4 Å². The molecular formula is C28H23NO2. The minimum Gasteiger partial charge on any atom is -0.497 e. The van der Waals surface area contributed by atoms with Gasteiger partial charge >= 0.3 is 0 Å². The van der Waals surface area contributed by atoms with E-state index in [2.05, 4.69) is 78.4 Å². The van der Waals surface area contributed by atoms with Crippen molar-refractivity contribution in [1.29, 1.82) is 0 Å². The molecule has 0 aliphatic rings. The number of ether oxygens (including phenoxy) is 2. The van der Waals surface area contributed by atoms with Crippen LogP contribution in [0, 0.1) is 0 Å². The van der Waals surface area contributed by atoms with Gasteiger partial charge < -0.3 is 14.0 Å². The minimum atomic E-state index is 0.772. The Morgan fingerprint density at radius 1 is 0.742 bits per heavy atom. The molecule has 0 unspecified atom stereocenters. The van der Waals surface area contributed by atoms with E-state index in [1.807, 2.05) is 18.2 Å². The Balaban J connectivity index is 2.06. The number of benzene rings is 4. The van der Waals surface area contributed by atoms with Crippen LogP contribution in [-0.4, -0.2) is 18.8 Å². The molecule has 1 heterocycles. The van der Waals surface area contributed by atoms with Gasteiger partial charge in [-0.25, -0.2) is 0 Å². The van der Waals surface area contributed by atoms with Crippen molar-refractivity contribution in [3.05, 3.63) is 91.0 Å². The van der Waals surface area contributed by atoms with Gasteiger partial charge in [0.2, 0.25) is 0 Å². The summed E-state index contributed by atoms with van der Waals surface area (Å²) in [4.78, 5) is 0. The lowest BCUT2D eigenvalue weighted by Crippen LogP contribution is -1.97. The third-order valence-corrected chi connectivity index (χ3v) is 5.94. The quantitative estimate of drug-likeness (QED) is 0.308. The molecule has 152 valence electrons. The first-order valence-corrected chi connectivity index (χ1v) is 10.2. The molecule has 0 amide bonds. The van der Waals surface area contributed by atoms with Crippen LogP contribution in [0.2, 0.25) is 0 Å². The fraction of sp³-hybridized carbons (Fsp3) is 0.0714. The predicted molar refractivity (Wildman–Crippen MR) is 132 cm³/mol. The van der Waals surface area contributed by atoms with E-state index >= 15 is 0 Å². The SMILES string of the molecule is C=Cc1c(OC)cc2c(c1C=C)c1ccc(OC)cc1n2-c1cccc2ccccc12. The zero-order chi connectivity index (χ0) is 21.5. The summed E-state index contributed by atoms with van der Waals surface area (Å²) in [7, 11) is 3.38. The molecule has 5 rings (SSSR count). The van der Waals surface area contributed by atoms with E-state index in [1.165, 1.54) is 10.8 Å². The Kier molecular flexibility index (Phi) is 4.52. The third kappa shape index (κ3) is 2.74. The number of fused-ring (bicyclic) bond motifs is 4. The van der Waals surface area contributed by atoms with Crippen LogP contribution in [0.25, 0.3) is 50.4 Å². The minimum absolute atomic E-state index is 0.772. The molecule has 0 bridgehead atoms. The number of nitrogens with zero attached hydrogens (tertiary/aromatic N) is 1. The average Bonchev–Trinajstić information content (AvgIpc) is 3.15. The zero-order valence-electron chi connectivity index (χ0n) is 17.7. The summed E-state index contributed by atoms with van der Waals surface area (Å²) < 4.78 is 13.6. The number of methoxy groups -OCH3 is 2. The van der Waals surface area contributed by atoms with Crippen LogP contribution in [-0.2, 0) is 0 Å². The second kappa shape index (κ2) is 7.37. The largest absolute Gasteiger partial charge is 0.497 e. The summed E-state index contributed by atoms with van der Waals surface area (Å²) in [5, 5.41) is 4.62. The molecule has 0 aliphatic heterocycles. The van der Waals surface area contributed by atoms with Gasteiger partial charge in [0.15, 0.2) is 0 Å². The third-order valence-electron chi connectivity index (χ3n) is 5.94. The summed E-state index contributed by atoms with van der Waals surface area (Å²) in [6.45, 7) is 8.11. The number of hydrogen-bond acceptors (Lipinski definition) is 2.